The maximum Gasteiger partial charge on any atom is 0.410 e. The fourth-order valence-corrected chi connectivity index (χ4v) is 3.08. The van der Waals surface area contributed by atoms with Crippen LogP contribution in [0.5, 0.6) is 0 Å². The van der Waals surface area contributed by atoms with Gasteiger partial charge in [-0.1, -0.05) is 24.3 Å². The standard InChI is InChI=1S/C20H32N2O3/c1-14(15(2)24-6)21-13-18-17-10-8-7-9-16(17)11-12-22(18)19(23)25-20(3,4)5/h7-10,14-15,18,21H,11-13H2,1-6H3. The second-order valence-corrected chi connectivity index (χ2v) is 7.78. The van der Waals surface area contributed by atoms with E-state index in [-0.39, 0.29) is 24.3 Å². The van der Waals surface area contributed by atoms with E-state index in [1.165, 1.54) is 11.1 Å². The Morgan fingerprint density at radius 1 is 1.32 bits per heavy atom. The Morgan fingerprint density at radius 2 is 2.00 bits per heavy atom. The van der Waals surface area contributed by atoms with Crippen molar-refractivity contribution in [3.05, 3.63) is 35.4 Å². The minimum Gasteiger partial charge on any atom is -0.444 e. The van der Waals surface area contributed by atoms with Crippen LogP contribution in [0.2, 0.25) is 0 Å². The highest BCUT2D eigenvalue weighted by atomic mass is 16.6. The van der Waals surface area contributed by atoms with Crippen LogP contribution in [-0.4, -0.2) is 48.9 Å². The quantitative estimate of drug-likeness (QED) is 0.884. The van der Waals surface area contributed by atoms with Gasteiger partial charge in [-0.15, -0.1) is 0 Å². The molecule has 0 saturated heterocycles. The lowest BCUT2D eigenvalue weighted by molar-refractivity contribution is 0.0130. The molecule has 0 spiro atoms. The van der Waals surface area contributed by atoms with Crippen LogP contribution in [0.4, 0.5) is 4.79 Å². The molecule has 25 heavy (non-hydrogen) atoms. The highest BCUT2D eigenvalue weighted by Crippen LogP contribution is 2.30. The number of benzene rings is 1. The molecule has 0 radical (unpaired) electrons. The maximum atomic E-state index is 12.7. The summed E-state index contributed by atoms with van der Waals surface area (Å²) >= 11 is 0. The van der Waals surface area contributed by atoms with Crippen LogP contribution in [0.1, 0.15) is 51.8 Å². The molecule has 140 valence electrons. The summed E-state index contributed by atoms with van der Waals surface area (Å²) in [5.41, 5.74) is 2.01. The van der Waals surface area contributed by atoms with Crippen molar-refractivity contribution in [2.24, 2.45) is 0 Å². The first-order valence-electron chi connectivity index (χ1n) is 9.06. The van der Waals surface area contributed by atoms with Crippen molar-refractivity contribution in [1.29, 1.82) is 0 Å². The Labute approximate surface area is 151 Å². The van der Waals surface area contributed by atoms with E-state index in [1.54, 1.807) is 7.11 Å². The summed E-state index contributed by atoms with van der Waals surface area (Å²) in [6, 6.07) is 8.51. The van der Waals surface area contributed by atoms with E-state index in [4.69, 9.17) is 9.47 Å². The van der Waals surface area contributed by atoms with Gasteiger partial charge in [0.2, 0.25) is 0 Å². The largest absolute Gasteiger partial charge is 0.444 e. The third kappa shape index (κ3) is 5.19. The Balaban J connectivity index is 2.19. The maximum absolute atomic E-state index is 12.7. The van der Waals surface area contributed by atoms with Gasteiger partial charge in [0, 0.05) is 26.2 Å². The second kappa shape index (κ2) is 8.19. The summed E-state index contributed by atoms with van der Waals surface area (Å²) in [5.74, 6) is 0. The SMILES string of the molecule is COC(C)C(C)NCC1c2ccccc2CCN1C(=O)OC(C)(C)C. The minimum atomic E-state index is -0.496. The lowest BCUT2D eigenvalue weighted by Crippen LogP contribution is -2.48. The third-order valence-electron chi connectivity index (χ3n) is 4.75. The molecule has 1 amide bonds. The average Bonchev–Trinajstić information content (AvgIpc) is 2.56. The molecule has 1 heterocycles. The fraction of sp³-hybridized carbons (Fsp3) is 0.650. The highest BCUT2D eigenvalue weighted by molar-refractivity contribution is 5.69. The monoisotopic (exact) mass is 348 g/mol. The molecule has 1 aliphatic heterocycles. The van der Waals surface area contributed by atoms with Crippen molar-refractivity contribution in [3.8, 4) is 0 Å². The first kappa shape index (κ1) is 19.7. The molecule has 1 aliphatic rings. The van der Waals surface area contributed by atoms with Crippen LogP contribution in [0.15, 0.2) is 24.3 Å². The topological polar surface area (TPSA) is 50.8 Å². The minimum absolute atomic E-state index is 0.0358. The first-order valence-corrected chi connectivity index (χ1v) is 9.06. The van der Waals surface area contributed by atoms with Gasteiger partial charge < -0.3 is 14.8 Å². The number of hydrogen-bond donors (Lipinski definition) is 1. The molecule has 5 nitrogen and oxygen atoms in total. The molecule has 5 heteroatoms. The van der Waals surface area contributed by atoms with E-state index in [9.17, 15) is 4.79 Å². The molecule has 3 atom stereocenters. The van der Waals surface area contributed by atoms with E-state index in [2.05, 4.69) is 30.4 Å². The molecule has 0 aliphatic carbocycles. The number of nitrogens with zero attached hydrogens (tertiary/aromatic N) is 1. The van der Waals surface area contributed by atoms with Crippen LogP contribution in [0.3, 0.4) is 0 Å². The van der Waals surface area contributed by atoms with Crippen LogP contribution in [-0.2, 0) is 15.9 Å². The summed E-state index contributed by atoms with van der Waals surface area (Å²) < 4.78 is 11.0. The van der Waals surface area contributed by atoms with Crippen molar-refractivity contribution in [2.75, 3.05) is 20.2 Å². The van der Waals surface area contributed by atoms with Gasteiger partial charge in [0.25, 0.3) is 0 Å². The van der Waals surface area contributed by atoms with E-state index < -0.39 is 5.60 Å². The lowest BCUT2D eigenvalue weighted by Gasteiger charge is -2.39. The van der Waals surface area contributed by atoms with Gasteiger partial charge in [-0.2, -0.15) is 0 Å². The van der Waals surface area contributed by atoms with E-state index in [0.29, 0.717) is 13.1 Å². The fourth-order valence-electron chi connectivity index (χ4n) is 3.08. The van der Waals surface area contributed by atoms with Crippen LogP contribution in [0.25, 0.3) is 0 Å². The molecule has 2 rings (SSSR count). The van der Waals surface area contributed by atoms with Crippen molar-refractivity contribution in [3.63, 3.8) is 0 Å². The molecular weight excluding hydrogens is 316 g/mol. The molecule has 0 fully saturated rings. The zero-order valence-electron chi connectivity index (χ0n) is 16.3. The summed E-state index contributed by atoms with van der Waals surface area (Å²) in [6.45, 7) is 11.2. The van der Waals surface area contributed by atoms with Crippen molar-refractivity contribution in [1.82, 2.24) is 10.2 Å². The Hall–Kier alpha value is -1.59. The number of carbonyl (C=O) groups is 1. The van der Waals surface area contributed by atoms with Gasteiger partial charge in [-0.3, -0.25) is 4.90 Å². The highest BCUT2D eigenvalue weighted by Gasteiger charge is 2.33. The van der Waals surface area contributed by atoms with Crippen molar-refractivity contribution < 1.29 is 14.3 Å². The number of carbonyl (C=O) groups excluding carboxylic acids is 1. The van der Waals surface area contributed by atoms with Gasteiger partial charge in [-0.25, -0.2) is 4.79 Å². The van der Waals surface area contributed by atoms with Crippen LogP contribution >= 0.6 is 0 Å². The third-order valence-corrected chi connectivity index (χ3v) is 4.75. The number of ether oxygens (including phenoxy) is 2. The molecule has 0 bridgehead atoms. The second-order valence-electron chi connectivity index (χ2n) is 7.78. The molecule has 3 unspecified atom stereocenters. The normalized spacial score (nSPS) is 19.9. The predicted octanol–water partition coefficient (Wildman–Crippen LogP) is 3.53. The summed E-state index contributed by atoms with van der Waals surface area (Å²) in [6.07, 6.45) is 0.714. The Bertz CT molecular complexity index is 583. The number of fused-ring (bicyclic) bond motifs is 1. The average molecular weight is 348 g/mol. The molecule has 1 N–H and O–H groups in total. The van der Waals surface area contributed by atoms with Crippen molar-refractivity contribution in [2.45, 2.75) is 64.8 Å². The summed E-state index contributed by atoms with van der Waals surface area (Å²) in [4.78, 5) is 14.6. The molecule has 1 aromatic carbocycles. The number of rotatable bonds is 5. The zero-order valence-corrected chi connectivity index (χ0v) is 16.3. The van der Waals surface area contributed by atoms with Crippen LogP contribution < -0.4 is 5.32 Å². The Morgan fingerprint density at radius 3 is 2.64 bits per heavy atom. The summed E-state index contributed by atoms with van der Waals surface area (Å²) in [5, 5.41) is 3.52. The van der Waals surface area contributed by atoms with E-state index >= 15 is 0 Å². The molecule has 0 aromatic heterocycles. The lowest BCUT2D eigenvalue weighted by atomic mass is 9.92. The van der Waals surface area contributed by atoms with Gasteiger partial charge in [0.05, 0.1) is 12.1 Å². The van der Waals surface area contributed by atoms with Gasteiger partial charge >= 0.3 is 6.09 Å². The smallest absolute Gasteiger partial charge is 0.410 e. The van der Waals surface area contributed by atoms with Gasteiger partial charge in [-0.05, 0) is 52.2 Å². The number of amides is 1. The molecule has 0 saturated carbocycles. The van der Waals surface area contributed by atoms with E-state index in [1.807, 2.05) is 38.7 Å². The predicted molar refractivity (Wildman–Crippen MR) is 99.8 cm³/mol. The van der Waals surface area contributed by atoms with Gasteiger partial charge in [0.1, 0.15) is 5.60 Å². The van der Waals surface area contributed by atoms with Gasteiger partial charge in [0.15, 0.2) is 0 Å². The summed E-state index contributed by atoms with van der Waals surface area (Å²) in [7, 11) is 1.71. The number of nitrogens with one attached hydrogen (secondary N) is 1. The number of hydrogen-bond acceptors (Lipinski definition) is 4. The number of methoxy groups -OCH3 is 1. The first-order chi connectivity index (χ1) is 11.7. The Kier molecular flexibility index (Phi) is 6.47. The van der Waals surface area contributed by atoms with E-state index in [0.717, 1.165) is 6.42 Å². The molecular formula is C20H32N2O3. The zero-order chi connectivity index (χ0) is 18.6. The molecule has 1 aromatic rings. The van der Waals surface area contributed by atoms with Crippen LogP contribution in [0, 0.1) is 0 Å². The van der Waals surface area contributed by atoms with Crippen molar-refractivity contribution >= 4 is 6.09 Å².